The van der Waals surface area contributed by atoms with Gasteiger partial charge in [0.05, 0.1) is 0 Å². The highest BCUT2D eigenvalue weighted by Gasteiger charge is 2.08. The lowest BCUT2D eigenvalue weighted by atomic mass is 9.93. The summed E-state index contributed by atoms with van der Waals surface area (Å²) >= 11 is 1.78. The molecule has 0 radical (unpaired) electrons. The van der Waals surface area contributed by atoms with E-state index in [0.717, 1.165) is 19.4 Å². The molecule has 0 saturated carbocycles. The van der Waals surface area contributed by atoms with Crippen LogP contribution in [0.1, 0.15) is 29.5 Å². The molecule has 0 fully saturated rings. The van der Waals surface area contributed by atoms with Gasteiger partial charge in [0.2, 0.25) is 0 Å². The van der Waals surface area contributed by atoms with Crippen LogP contribution in [0.2, 0.25) is 0 Å². The standard InChI is InChI=1S/C23H25NS/c1-17(19-11-12-23-20(15-19)13-14-25-23)9-10-18(2)22-8-6-5-7-21(22)16-24(3)4/h5-8,11-15H,1-2,9-10,16H2,3-4H3. The maximum Gasteiger partial charge on any atom is 0.0343 e. The summed E-state index contributed by atoms with van der Waals surface area (Å²) in [5.41, 5.74) is 6.22. The van der Waals surface area contributed by atoms with E-state index in [2.05, 4.69) is 86.1 Å². The zero-order chi connectivity index (χ0) is 17.8. The van der Waals surface area contributed by atoms with E-state index in [1.165, 1.54) is 37.9 Å². The minimum Gasteiger partial charge on any atom is -0.305 e. The molecule has 128 valence electrons. The number of allylic oxidation sites excluding steroid dienone is 2. The number of rotatable bonds is 7. The van der Waals surface area contributed by atoms with Crippen molar-refractivity contribution in [3.8, 4) is 0 Å². The largest absolute Gasteiger partial charge is 0.305 e. The van der Waals surface area contributed by atoms with E-state index < -0.39 is 0 Å². The van der Waals surface area contributed by atoms with Crippen molar-refractivity contribution in [2.75, 3.05) is 14.1 Å². The van der Waals surface area contributed by atoms with E-state index >= 15 is 0 Å². The Hall–Kier alpha value is -2.16. The maximum atomic E-state index is 4.34. The minimum absolute atomic E-state index is 0.935. The monoisotopic (exact) mass is 347 g/mol. The van der Waals surface area contributed by atoms with Gasteiger partial charge in [0.15, 0.2) is 0 Å². The maximum absolute atomic E-state index is 4.34. The first-order chi connectivity index (χ1) is 12.0. The van der Waals surface area contributed by atoms with Gasteiger partial charge in [-0.25, -0.2) is 0 Å². The molecule has 0 aliphatic carbocycles. The Morgan fingerprint density at radius 2 is 1.72 bits per heavy atom. The number of nitrogens with zero attached hydrogens (tertiary/aromatic N) is 1. The lowest BCUT2D eigenvalue weighted by molar-refractivity contribution is 0.402. The van der Waals surface area contributed by atoms with E-state index in [-0.39, 0.29) is 0 Å². The fourth-order valence-corrected chi connectivity index (χ4v) is 3.88. The van der Waals surface area contributed by atoms with Crippen molar-refractivity contribution < 1.29 is 0 Å². The number of hydrogen-bond donors (Lipinski definition) is 0. The average molecular weight is 348 g/mol. The van der Waals surface area contributed by atoms with Crippen LogP contribution < -0.4 is 0 Å². The quantitative estimate of drug-likeness (QED) is 0.473. The fourth-order valence-electron chi connectivity index (χ4n) is 3.11. The van der Waals surface area contributed by atoms with Gasteiger partial charge >= 0.3 is 0 Å². The van der Waals surface area contributed by atoms with Gasteiger partial charge in [0, 0.05) is 11.2 Å². The van der Waals surface area contributed by atoms with Crippen LogP contribution in [-0.4, -0.2) is 19.0 Å². The molecule has 1 heterocycles. The Kier molecular flexibility index (Phi) is 5.52. The van der Waals surface area contributed by atoms with Crippen LogP contribution in [0.5, 0.6) is 0 Å². The van der Waals surface area contributed by atoms with E-state index in [1.807, 2.05) is 0 Å². The Morgan fingerprint density at radius 1 is 0.960 bits per heavy atom. The van der Waals surface area contributed by atoms with Gasteiger partial charge in [-0.1, -0.05) is 43.5 Å². The van der Waals surface area contributed by atoms with Crippen molar-refractivity contribution in [1.29, 1.82) is 0 Å². The average Bonchev–Trinajstić information content (AvgIpc) is 3.07. The molecule has 3 aromatic rings. The highest BCUT2D eigenvalue weighted by molar-refractivity contribution is 7.17. The Balaban J connectivity index is 1.68. The molecule has 0 atom stereocenters. The molecular formula is C23H25NS. The summed E-state index contributed by atoms with van der Waals surface area (Å²) in [5, 5.41) is 3.44. The van der Waals surface area contributed by atoms with E-state index in [4.69, 9.17) is 0 Å². The molecule has 0 spiro atoms. The Morgan fingerprint density at radius 3 is 2.52 bits per heavy atom. The van der Waals surface area contributed by atoms with E-state index in [0.29, 0.717) is 0 Å². The summed E-state index contributed by atoms with van der Waals surface area (Å²) in [7, 11) is 4.20. The van der Waals surface area contributed by atoms with Gasteiger partial charge in [0.1, 0.15) is 0 Å². The molecule has 25 heavy (non-hydrogen) atoms. The van der Waals surface area contributed by atoms with Crippen molar-refractivity contribution in [2.45, 2.75) is 19.4 Å². The molecular weight excluding hydrogens is 322 g/mol. The van der Waals surface area contributed by atoms with Crippen molar-refractivity contribution in [1.82, 2.24) is 4.90 Å². The summed E-state index contributed by atoms with van der Waals surface area (Å²) in [4.78, 5) is 2.20. The smallest absolute Gasteiger partial charge is 0.0343 e. The normalized spacial score (nSPS) is 11.2. The molecule has 0 amide bonds. The topological polar surface area (TPSA) is 3.24 Å². The molecule has 0 N–H and O–H groups in total. The first-order valence-electron chi connectivity index (χ1n) is 8.61. The zero-order valence-electron chi connectivity index (χ0n) is 15.1. The molecule has 0 bridgehead atoms. The van der Waals surface area contributed by atoms with Crippen molar-refractivity contribution in [3.05, 3.63) is 83.8 Å². The summed E-state index contributed by atoms with van der Waals surface area (Å²) in [6.45, 7) is 9.58. The SMILES string of the molecule is C=C(CCC(=C)c1ccccc1CN(C)C)c1ccc2sccc2c1. The van der Waals surface area contributed by atoms with Gasteiger partial charge in [-0.2, -0.15) is 0 Å². The second kappa shape index (κ2) is 7.81. The third-order valence-corrected chi connectivity index (χ3v) is 5.37. The van der Waals surface area contributed by atoms with Gasteiger partial charge in [-0.3, -0.25) is 0 Å². The Bertz CT molecular complexity index is 901. The third-order valence-electron chi connectivity index (χ3n) is 4.47. The van der Waals surface area contributed by atoms with Gasteiger partial charge in [0.25, 0.3) is 0 Å². The molecule has 0 aliphatic heterocycles. The lowest BCUT2D eigenvalue weighted by Gasteiger charge is -2.16. The van der Waals surface area contributed by atoms with Crippen molar-refractivity contribution in [3.63, 3.8) is 0 Å². The second-order valence-electron chi connectivity index (χ2n) is 6.78. The molecule has 3 rings (SSSR count). The van der Waals surface area contributed by atoms with Crippen LogP contribution in [0.3, 0.4) is 0 Å². The summed E-state index contributed by atoms with van der Waals surface area (Å²) in [6, 6.07) is 17.4. The predicted molar refractivity (Wildman–Crippen MR) is 113 cm³/mol. The van der Waals surface area contributed by atoms with Crippen LogP contribution >= 0.6 is 11.3 Å². The third kappa shape index (κ3) is 4.28. The van der Waals surface area contributed by atoms with E-state index in [1.54, 1.807) is 11.3 Å². The highest BCUT2D eigenvalue weighted by atomic mass is 32.1. The number of fused-ring (bicyclic) bond motifs is 1. The van der Waals surface area contributed by atoms with Crippen LogP contribution in [0.4, 0.5) is 0 Å². The number of benzene rings is 2. The number of hydrogen-bond acceptors (Lipinski definition) is 2. The molecule has 0 aliphatic rings. The van der Waals surface area contributed by atoms with Crippen molar-refractivity contribution in [2.24, 2.45) is 0 Å². The zero-order valence-corrected chi connectivity index (χ0v) is 15.9. The molecule has 0 saturated heterocycles. The second-order valence-corrected chi connectivity index (χ2v) is 7.72. The molecule has 1 aromatic heterocycles. The van der Waals surface area contributed by atoms with Crippen molar-refractivity contribution >= 4 is 32.6 Å². The summed E-state index contributed by atoms with van der Waals surface area (Å²) < 4.78 is 1.33. The molecule has 2 heteroatoms. The Labute approximate surface area is 154 Å². The number of thiophene rings is 1. The minimum atomic E-state index is 0.935. The first kappa shape index (κ1) is 17.7. The fraction of sp³-hybridized carbons (Fsp3) is 0.217. The first-order valence-corrected chi connectivity index (χ1v) is 9.49. The van der Waals surface area contributed by atoms with Crippen LogP contribution in [0, 0.1) is 0 Å². The van der Waals surface area contributed by atoms with Crippen LogP contribution in [0.15, 0.2) is 67.1 Å². The molecule has 1 nitrogen and oxygen atoms in total. The predicted octanol–water partition coefficient (Wildman–Crippen LogP) is 6.47. The van der Waals surface area contributed by atoms with Gasteiger partial charge < -0.3 is 4.90 Å². The van der Waals surface area contributed by atoms with E-state index in [9.17, 15) is 0 Å². The highest BCUT2D eigenvalue weighted by Crippen LogP contribution is 2.29. The van der Waals surface area contributed by atoms with Crippen LogP contribution in [0.25, 0.3) is 21.2 Å². The van der Waals surface area contributed by atoms with Crippen LogP contribution in [-0.2, 0) is 6.54 Å². The van der Waals surface area contributed by atoms with Gasteiger partial charge in [-0.05, 0) is 83.7 Å². The summed E-state index contributed by atoms with van der Waals surface area (Å²) in [6.07, 6.45) is 1.87. The van der Waals surface area contributed by atoms with Gasteiger partial charge in [-0.15, -0.1) is 11.3 Å². The molecule has 2 aromatic carbocycles. The lowest BCUT2D eigenvalue weighted by Crippen LogP contribution is -2.12. The molecule has 0 unspecified atom stereocenters. The summed E-state index contributed by atoms with van der Waals surface area (Å²) in [5.74, 6) is 0.